The molecule has 19 heavy (non-hydrogen) atoms. The van der Waals surface area contributed by atoms with Gasteiger partial charge in [-0.2, -0.15) is 0 Å². The third-order valence-corrected chi connectivity index (χ3v) is 4.26. The van der Waals surface area contributed by atoms with Gasteiger partial charge in [0.05, 0.1) is 17.4 Å². The van der Waals surface area contributed by atoms with Crippen molar-refractivity contribution in [2.45, 2.75) is 12.5 Å². The van der Waals surface area contributed by atoms with Crippen LogP contribution in [-0.4, -0.2) is 4.98 Å². The molecule has 1 aromatic carbocycles. The van der Waals surface area contributed by atoms with Crippen LogP contribution in [0.3, 0.4) is 0 Å². The van der Waals surface area contributed by atoms with Gasteiger partial charge in [0.2, 0.25) is 0 Å². The minimum absolute atomic E-state index is 0.353. The van der Waals surface area contributed by atoms with E-state index in [9.17, 15) is 4.39 Å². The van der Waals surface area contributed by atoms with Gasteiger partial charge < -0.3 is 5.73 Å². The molecule has 0 amide bonds. The highest BCUT2D eigenvalue weighted by Gasteiger charge is 2.27. The third kappa shape index (κ3) is 2.03. The van der Waals surface area contributed by atoms with Crippen molar-refractivity contribution < 1.29 is 4.39 Å². The summed E-state index contributed by atoms with van der Waals surface area (Å²) in [7, 11) is 0. The van der Waals surface area contributed by atoms with Crippen LogP contribution in [0.2, 0.25) is 0 Å². The fourth-order valence-electron chi connectivity index (χ4n) is 2.22. The zero-order valence-electron chi connectivity index (χ0n) is 10.4. The van der Waals surface area contributed by atoms with Crippen molar-refractivity contribution in [3.05, 3.63) is 65.0 Å². The lowest BCUT2D eigenvalue weighted by molar-refractivity contribution is 0.572. The second-order valence-corrected chi connectivity index (χ2v) is 5.62. The summed E-state index contributed by atoms with van der Waals surface area (Å²) in [5, 5.41) is 3.21. The minimum atomic E-state index is -0.738. The lowest BCUT2D eigenvalue weighted by atomic mass is 9.88. The predicted molar refractivity (Wildman–Crippen MR) is 76.7 cm³/mol. The summed E-state index contributed by atoms with van der Waals surface area (Å²) < 4.78 is 14.1. The van der Waals surface area contributed by atoms with Crippen LogP contribution in [0, 0.1) is 5.82 Å². The van der Waals surface area contributed by atoms with Crippen LogP contribution in [0.4, 0.5) is 4.39 Å². The van der Waals surface area contributed by atoms with E-state index < -0.39 is 5.54 Å². The SMILES string of the molecule is CC(N)(c1ccc(F)cn1)c1cccc2ccsc12. The standard InChI is InChI=1S/C15H13FN2S/c1-15(17,13-6-5-11(16)9-18-13)12-4-2-3-10-7-8-19-14(10)12/h2-9H,17H2,1H3. The Balaban J connectivity index is 2.18. The van der Waals surface area contributed by atoms with Gasteiger partial charge in [0, 0.05) is 4.70 Å². The summed E-state index contributed by atoms with van der Waals surface area (Å²) in [6.45, 7) is 1.90. The highest BCUT2D eigenvalue weighted by atomic mass is 32.1. The molecule has 2 N–H and O–H groups in total. The van der Waals surface area contributed by atoms with Crippen LogP contribution in [0.1, 0.15) is 18.2 Å². The molecular weight excluding hydrogens is 259 g/mol. The van der Waals surface area contributed by atoms with Crippen molar-refractivity contribution in [1.29, 1.82) is 0 Å². The average Bonchev–Trinajstić information content (AvgIpc) is 2.87. The fraction of sp³-hybridized carbons (Fsp3) is 0.133. The normalized spacial score (nSPS) is 14.5. The highest BCUT2D eigenvalue weighted by Crippen LogP contribution is 2.34. The Morgan fingerprint density at radius 2 is 2.05 bits per heavy atom. The number of hydrogen-bond donors (Lipinski definition) is 1. The number of halogens is 1. The number of benzene rings is 1. The Morgan fingerprint density at radius 1 is 1.21 bits per heavy atom. The van der Waals surface area contributed by atoms with E-state index in [2.05, 4.69) is 17.1 Å². The van der Waals surface area contributed by atoms with Gasteiger partial charge in [0.15, 0.2) is 0 Å². The number of nitrogens with two attached hydrogens (primary N) is 1. The summed E-state index contributed by atoms with van der Waals surface area (Å²) in [4.78, 5) is 4.12. The second-order valence-electron chi connectivity index (χ2n) is 4.71. The van der Waals surface area contributed by atoms with E-state index in [1.54, 1.807) is 17.4 Å². The Morgan fingerprint density at radius 3 is 2.79 bits per heavy atom. The van der Waals surface area contributed by atoms with Crippen molar-refractivity contribution in [2.75, 3.05) is 0 Å². The topological polar surface area (TPSA) is 38.9 Å². The molecule has 2 aromatic heterocycles. The Labute approximate surface area is 114 Å². The molecule has 2 heterocycles. The smallest absolute Gasteiger partial charge is 0.141 e. The molecule has 0 saturated heterocycles. The zero-order chi connectivity index (χ0) is 13.5. The molecule has 3 aromatic rings. The van der Waals surface area contributed by atoms with Gasteiger partial charge in [-0.25, -0.2) is 4.39 Å². The molecule has 3 rings (SSSR count). The number of hydrogen-bond acceptors (Lipinski definition) is 3. The fourth-order valence-corrected chi connectivity index (χ4v) is 3.25. The average molecular weight is 272 g/mol. The van der Waals surface area contributed by atoms with Gasteiger partial charge in [-0.15, -0.1) is 11.3 Å². The lowest BCUT2D eigenvalue weighted by Gasteiger charge is -2.25. The molecule has 0 bridgehead atoms. The van der Waals surface area contributed by atoms with Crippen LogP contribution < -0.4 is 5.73 Å². The zero-order valence-corrected chi connectivity index (χ0v) is 11.2. The first-order valence-electron chi connectivity index (χ1n) is 5.96. The van der Waals surface area contributed by atoms with Crippen molar-refractivity contribution in [3.8, 4) is 0 Å². The van der Waals surface area contributed by atoms with Crippen LogP contribution in [0.25, 0.3) is 10.1 Å². The molecule has 1 unspecified atom stereocenters. The molecule has 0 spiro atoms. The van der Waals surface area contributed by atoms with E-state index in [-0.39, 0.29) is 5.82 Å². The first kappa shape index (κ1) is 12.3. The molecule has 4 heteroatoms. The molecule has 0 fully saturated rings. The largest absolute Gasteiger partial charge is 0.317 e. The molecular formula is C15H13FN2S. The molecule has 96 valence electrons. The Kier molecular flexibility index (Phi) is 2.84. The van der Waals surface area contributed by atoms with Crippen LogP contribution in [0.5, 0.6) is 0 Å². The summed E-state index contributed by atoms with van der Waals surface area (Å²) in [6.07, 6.45) is 1.20. The van der Waals surface area contributed by atoms with E-state index in [1.165, 1.54) is 17.6 Å². The maximum absolute atomic E-state index is 13.0. The van der Waals surface area contributed by atoms with Crippen LogP contribution in [-0.2, 0) is 5.54 Å². The molecule has 0 saturated carbocycles. The number of thiophene rings is 1. The number of aromatic nitrogens is 1. The lowest BCUT2D eigenvalue weighted by Crippen LogP contribution is -2.35. The molecule has 0 aliphatic carbocycles. The molecule has 1 atom stereocenters. The van der Waals surface area contributed by atoms with Crippen molar-refractivity contribution in [3.63, 3.8) is 0 Å². The van der Waals surface area contributed by atoms with Gasteiger partial charge in [0.1, 0.15) is 5.82 Å². The molecule has 0 aliphatic rings. The van der Waals surface area contributed by atoms with Gasteiger partial charge in [0.25, 0.3) is 0 Å². The van der Waals surface area contributed by atoms with E-state index >= 15 is 0 Å². The number of rotatable bonds is 2. The summed E-state index contributed by atoms with van der Waals surface area (Å²) in [5.74, 6) is -0.353. The molecule has 0 radical (unpaired) electrons. The van der Waals surface area contributed by atoms with Crippen LogP contribution in [0.15, 0.2) is 48.0 Å². The maximum atomic E-state index is 13.0. The Bertz CT molecular complexity index is 716. The quantitative estimate of drug-likeness (QED) is 0.773. The van der Waals surface area contributed by atoms with E-state index in [0.717, 1.165) is 10.3 Å². The minimum Gasteiger partial charge on any atom is -0.317 e. The second kappa shape index (κ2) is 4.40. The van der Waals surface area contributed by atoms with Gasteiger partial charge in [-0.1, -0.05) is 18.2 Å². The predicted octanol–water partition coefficient (Wildman–Crippen LogP) is 3.66. The van der Waals surface area contributed by atoms with E-state index in [0.29, 0.717) is 5.69 Å². The van der Waals surface area contributed by atoms with Gasteiger partial charge in [-0.05, 0) is 41.5 Å². The van der Waals surface area contributed by atoms with Crippen molar-refractivity contribution in [2.24, 2.45) is 5.73 Å². The summed E-state index contributed by atoms with van der Waals surface area (Å²) in [6, 6.07) is 11.1. The Hall–Kier alpha value is -1.78. The molecule has 2 nitrogen and oxygen atoms in total. The summed E-state index contributed by atoms with van der Waals surface area (Å²) >= 11 is 1.66. The van der Waals surface area contributed by atoms with Crippen molar-refractivity contribution >= 4 is 21.4 Å². The van der Waals surface area contributed by atoms with Crippen molar-refractivity contribution in [1.82, 2.24) is 4.98 Å². The number of nitrogens with zero attached hydrogens (tertiary/aromatic N) is 1. The number of fused-ring (bicyclic) bond motifs is 1. The van der Waals surface area contributed by atoms with Crippen LogP contribution >= 0.6 is 11.3 Å². The van der Waals surface area contributed by atoms with E-state index in [1.807, 2.05) is 24.4 Å². The van der Waals surface area contributed by atoms with Gasteiger partial charge >= 0.3 is 0 Å². The van der Waals surface area contributed by atoms with E-state index in [4.69, 9.17) is 5.73 Å². The maximum Gasteiger partial charge on any atom is 0.141 e. The highest BCUT2D eigenvalue weighted by molar-refractivity contribution is 7.17. The number of pyridine rings is 1. The molecule has 0 aliphatic heterocycles. The third-order valence-electron chi connectivity index (χ3n) is 3.30. The first-order valence-corrected chi connectivity index (χ1v) is 6.84. The monoisotopic (exact) mass is 272 g/mol. The first-order chi connectivity index (χ1) is 9.09. The summed E-state index contributed by atoms with van der Waals surface area (Å²) in [5.41, 5.74) is 7.39. The van der Waals surface area contributed by atoms with Gasteiger partial charge in [-0.3, -0.25) is 4.98 Å².